The van der Waals surface area contributed by atoms with E-state index in [4.69, 9.17) is 0 Å². The van der Waals surface area contributed by atoms with Crippen LogP contribution in [0.5, 0.6) is 0 Å². The molecule has 2 rings (SSSR count). The fourth-order valence-electron chi connectivity index (χ4n) is 1.86. The zero-order valence-corrected chi connectivity index (χ0v) is 13.6. The average Bonchev–Trinajstić information content (AvgIpc) is 2.56. The smallest absolute Gasteiger partial charge is 0.233 e. The second kappa shape index (κ2) is 8.37. The summed E-state index contributed by atoms with van der Waals surface area (Å²) in [5.41, 5.74) is 0.814. The van der Waals surface area contributed by atoms with E-state index in [1.54, 1.807) is 30.3 Å². The number of hydrogen-bond acceptors (Lipinski definition) is 3. The van der Waals surface area contributed by atoms with Crippen LogP contribution in [0.2, 0.25) is 0 Å². The summed E-state index contributed by atoms with van der Waals surface area (Å²) >= 11 is 0. The zero-order valence-electron chi connectivity index (χ0n) is 12.8. The molecule has 0 aromatic heterocycles. The van der Waals surface area contributed by atoms with Crippen LogP contribution in [0, 0.1) is 5.82 Å². The average molecular weight is 348 g/mol. The largest absolute Gasteiger partial charge is 0.324 e. The van der Waals surface area contributed by atoms with E-state index in [1.807, 2.05) is 6.07 Å². The summed E-state index contributed by atoms with van der Waals surface area (Å²) in [5.74, 6) is -1.02. The highest BCUT2D eigenvalue weighted by Crippen LogP contribution is 2.12. The Morgan fingerprint density at radius 2 is 1.71 bits per heavy atom. The van der Waals surface area contributed by atoms with Gasteiger partial charge >= 0.3 is 0 Å². The van der Waals surface area contributed by atoms with Gasteiger partial charge in [0.2, 0.25) is 15.9 Å². The zero-order chi connectivity index (χ0) is 17.4. The van der Waals surface area contributed by atoms with E-state index in [1.165, 1.54) is 24.3 Å². The Morgan fingerprint density at radius 3 is 2.42 bits per heavy atom. The minimum atomic E-state index is -3.64. The molecule has 1 amide bonds. The van der Waals surface area contributed by atoms with Crippen LogP contribution >= 0.6 is 0 Å². The summed E-state index contributed by atoms with van der Waals surface area (Å²) in [6.07, 6.45) is 1.36. The fourth-order valence-corrected chi connectivity index (χ4v) is 2.68. The van der Waals surface area contributed by atoms with Crippen molar-refractivity contribution in [1.82, 2.24) is 4.72 Å². The molecule has 24 heavy (non-hydrogen) atoms. The lowest BCUT2D eigenvalue weighted by atomic mass is 10.2. The molecule has 2 aromatic carbocycles. The standard InChI is InChI=1S/C17H17FN2O3S/c18-15-8-4-5-9-16(15)20-17(21)10-12-19-24(22,23)13-11-14-6-2-1-3-7-14/h1-9,11,13,19H,10,12H2,(H,20,21)/b13-11+. The van der Waals surface area contributed by atoms with Gasteiger partial charge in [0.05, 0.1) is 5.69 Å². The van der Waals surface area contributed by atoms with E-state index in [-0.39, 0.29) is 18.7 Å². The minimum Gasteiger partial charge on any atom is -0.324 e. The molecule has 0 saturated carbocycles. The Hall–Kier alpha value is -2.51. The highest BCUT2D eigenvalue weighted by molar-refractivity contribution is 7.92. The Labute approximate surface area is 140 Å². The number of halogens is 1. The van der Waals surface area contributed by atoms with Gasteiger partial charge in [-0.05, 0) is 23.8 Å². The molecule has 7 heteroatoms. The fraction of sp³-hybridized carbons (Fsp3) is 0.118. The van der Waals surface area contributed by atoms with E-state index < -0.39 is 21.7 Å². The summed E-state index contributed by atoms with van der Waals surface area (Å²) in [6.45, 7) is -0.0816. The summed E-state index contributed by atoms with van der Waals surface area (Å²) in [6, 6.07) is 14.7. The van der Waals surface area contributed by atoms with E-state index in [0.717, 1.165) is 11.0 Å². The molecule has 126 valence electrons. The van der Waals surface area contributed by atoms with Crippen LogP contribution in [-0.2, 0) is 14.8 Å². The number of anilines is 1. The van der Waals surface area contributed by atoms with Gasteiger partial charge in [-0.25, -0.2) is 17.5 Å². The van der Waals surface area contributed by atoms with Crippen molar-refractivity contribution in [3.8, 4) is 0 Å². The van der Waals surface area contributed by atoms with Gasteiger partial charge in [-0.2, -0.15) is 0 Å². The lowest BCUT2D eigenvalue weighted by molar-refractivity contribution is -0.116. The molecular weight excluding hydrogens is 331 g/mol. The molecule has 0 atom stereocenters. The number of carbonyl (C=O) groups is 1. The number of rotatable bonds is 7. The van der Waals surface area contributed by atoms with Crippen LogP contribution in [0.4, 0.5) is 10.1 Å². The third kappa shape index (κ3) is 5.94. The van der Waals surface area contributed by atoms with Gasteiger partial charge in [-0.15, -0.1) is 0 Å². The van der Waals surface area contributed by atoms with Gasteiger partial charge in [-0.3, -0.25) is 4.79 Å². The Bertz CT molecular complexity index is 821. The van der Waals surface area contributed by atoms with Crippen LogP contribution < -0.4 is 10.0 Å². The molecule has 2 N–H and O–H groups in total. The number of hydrogen-bond donors (Lipinski definition) is 2. The first-order valence-corrected chi connectivity index (χ1v) is 8.78. The molecule has 0 saturated heterocycles. The molecule has 0 bridgehead atoms. The maximum absolute atomic E-state index is 13.4. The first kappa shape index (κ1) is 17.8. The normalized spacial score (nSPS) is 11.5. The molecule has 0 fully saturated rings. The monoisotopic (exact) mass is 348 g/mol. The molecule has 0 aliphatic carbocycles. The van der Waals surface area contributed by atoms with Gasteiger partial charge in [0.1, 0.15) is 5.82 Å². The van der Waals surface area contributed by atoms with Crippen molar-refractivity contribution >= 4 is 27.7 Å². The van der Waals surface area contributed by atoms with Crippen LogP contribution in [0.1, 0.15) is 12.0 Å². The maximum Gasteiger partial charge on any atom is 0.233 e. The lowest BCUT2D eigenvalue weighted by Gasteiger charge is -2.06. The third-order valence-electron chi connectivity index (χ3n) is 3.04. The molecule has 0 spiro atoms. The van der Waals surface area contributed by atoms with Crippen LogP contribution in [0.15, 0.2) is 60.0 Å². The summed E-state index contributed by atoms with van der Waals surface area (Å²) in [5, 5.41) is 3.43. The van der Waals surface area contributed by atoms with E-state index in [0.29, 0.717) is 0 Å². The summed E-state index contributed by atoms with van der Waals surface area (Å²) < 4.78 is 39.3. The first-order valence-electron chi connectivity index (χ1n) is 7.23. The summed E-state index contributed by atoms with van der Waals surface area (Å²) in [7, 11) is -3.64. The van der Waals surface area contributed by atoms with Gasteiger partial charge in [-0.1, -0.05) is 42.5 Å². The second-order valence-corrected chi connectivity index (χ2v) is 6.58. The van der Waals surface area contributed by atoms with Gasteiger partial charge < -0.3 is 5.32 Å². The topological polar surface area (TPSA) is 75.3 Å². The van der Waals surface area contributed by atoms with Crippen molar-refractivity contribution in [2.75, 3.05) is 11.9 Å². The highest BCUT2D eigenvalue weighted by Gasteiger charge is 2.09. The second-order valence-electron chi connectivity index (χ2n) is 4.93. The van der Waals surface area contributed by atoms with Crippen LogP contribution in [-0.4, -0.2) is 20.9 Å². The highest BCUT2D eigenvalue weighted by atomic mass is 32.2. The predicted octanol–water partition coefficient (Wildman–Crippen LogP) is 2.74. The Morgan fingerprint density at radius 1 is 1.04 bits per heavy atom. The minimum absolute atomic E-state index is 0.0642. The van der Waals surface area contributed by atoms with Crippen molar-refractivity contribution in [2.45, 2.75) is 6.42 Å². The van der Waals surface area contributed by atoms with Crippen molar-refractivity contribution in [3.63, 3.8) is 0 Å². The Kier molecular flexibility index (Phi) is 6.22. The number of carbonyl (C=O) groups excluding carboxylic acids is 1. The van der Waals surface area contributed by atoms with Crippen molar-refractivity contribution in [2.24, 2.45) is 0 Å². The van der Waals surface area contributed by atoms with E-state index in [2.05, 4.69) is 10.0 Å². The Balaban J connectivity index is 1.81. The number of sulfonamides is 1. The number of para-hydroxylation sites is 1. The lowest BCUT2D eigenvalue weighted by Crippen LogP contribution is -2.26. The van der Waals surface area contributed by atoms with Crippen molar-refractivity contribution in [1.29, 1.82) is 0 Å². The van der Waals surface area contributed by atoms with Gasteiger partial charge in [0, 0.05) is 18.4 Å². The first-order chi connectivity index (χ1) is 11.5. The quantitative estimate of drug-likeness (QED) is 0.808. The van der Waals surface area contributed by atoms with E-state index >= 15 is 0 Å². The van der Waals surface area contributed by atoms with Crippen LogP contribution in [0.25, 0.3) is 6.08 Å². The molecule has 0 radical (unpaired) electrons. The number of benzene rings is 2. The van der Waals surface area contributed by atoms with Crippen molar-refractivity contribution < 1.29 is 17.6 Å². The third-order valence-corrected chi connectivity index (χ3v) is 4.14. The molecule has 2 aromatic rings. The molecule has 0 aliphatic heterocycles. The van der Waals surface area contributed by atoms with Gasteiger partial charge in [0.25, 0.3) is 0 Å². The maximum atomic E-state index is 13.4. The molecular formula is C17H17FN2O3S. The molecule has 0 unspecified atom stereocenters. The SMILES string of the molecule is O=C(CCNS(=O)(=O)/C=C/c1ccccc1)Nc1ccccc1F. The van der Waals surface area contributed by atoms with Gasteiger partial charge in [0.15, 0.2) is 0 Å². The number of amides is 1. The predicted molar refractivity (Wildman–Crippen MR) is 92.0 cm³/mol. The summed E-state index contributed by atoms with van der Waals surface area (Å²) in [4.78, 5) is 11.7. The molecule has 0 aliphatic rings. The van der Waals surface area contributed by atoms with Crippen molar-refractivity contribution in [3.05, 3.63) is 71.4 Å². The van der Waals surface area contributed by atoms with E-state index in [9.17, 15) is 17.6 Å². The number of nitrogens with one attached hydrogen (secondary N) is 2. The molecule has 5 nitrogen and oxygen atoms in total. The molecule has 0 heterocycles. The van der Waals surface area contributed by atoms with Crippen LogP contribution in [0.3, 0.4) is 0 Å².